The normalized spacial score (nSPS) is 12.3. The van der Waals surface area contributed by atoms with Crippen LogP contribution in [0.3, 0.4) is 0 Å². The van der Waals surface area contributed by atoms with Crippen molar-refractivity contribution in [3.05, 3.63) is 88.2 Å². The lowest BCUT2D eigenvalue weighted by molar-refractivity contribution is 0.305. The van der Waals surface area contributed by atoms with Gasteiger partial charge < -0.3 is 9.30 Å². The Kier molecular flexibility index (Phi) is 3.46. The van der Waals surface area contributed by atoms with Gasteiger partial charge in [0.15, 0.2) is 0 Å². The van der Waals surface area contributed by atoms with E-state index < -0.39 is 0 Å². The molecule has 0 N–H and O–H groups in total. The Labute approximate surface area is 134 Å². The molecule has 2 aromatic carbocycles. The van der Waals surface area contributed by atoms with Gasteiger partial charge >= 0.3 is 0 Å². The topological polar surface area (TPSA) is 31.2 Å². The quantitative estimate of drug-likeness (QED) is 0.739. The van der Waals surface area contributed by atoms with Gasteiger partial charge in [-0.05, 0) is 17.5 Å². The molecule has 0 bridgehead atoms. The third-order valence-corrected chi connectivity index (χ3v) is 4.25. The van der Waals surface area contributed by atoms with E-state index in [1.807, 2.05) is 53.1 Å². The summed E-state index contributed by atoms with van der Waals surface area (Å²) in [4.78, 5) is 12.4. The van der Waals surface area contributed by atoms with Gasteiger partial charge in [-0.25, -0.2) is 0 Å². The fourth-order valence-corrected chi connectivity index (χ4v) is 3.07. The minimum Gasteiger partial charge on any atom is -0.489 e. The van der Waals surface area contributed by atoms with Crippen molar-refractivity contribution in [3.63, 3.8) is 0 Å². The summed E-state index contributed by atoms with van der Waals surface area (Å²) in [7, 11) is 0. The number of aromatic nitrogens is 1. The van der Waals surface area contributed by atoms with Gasteiger partial charge in [0.1, 0.15) is 12.4 Å². The molecule has 0 saturated heterocycles. The molecule has 2 heterocycles. The number of nitrogens with zero attached hydrogens (tertiary/aromatic N) is 1. The molecule has 0 unspecified atom stereocenters. The highest BCUT2D eigenvalue weighted by Crippen LogP contribution is 2.30. The highest BCUT2D eigenvalue weighted by Gasteiger charge is 2.17. The molecule has 0 aliphatic carbocycles. The van der Waals surface area contributed by atoms with E-state index >= 15 is 0 Å². The minimum atomic E-state index is 0.0000599. The summed E-state index contributed by atoms with van der Waals surface area (Å²) in [5.41, 5.74) is 4.45. The van der Waals surface area contributed by atoms with E-state index in [2.05, 4.69) is 12.1 Å². The maximum atomic E-state index is 12.4. The van der Waals surface area contributed by atoms with E-state index in [4.69, 9.17) is 4.74 Å². The zero-order valence-corrected chi connectivity index (χ0v) is 12.7. The van der Waals surface area contributed by atoms with Crippen molar-refractivity contribution in [3.8, 4) is 17.0 Å². The van der Waals surface area contributed by atoms with Gasteiger partial charge in [0.05, 0.1) is 5.69 Å². The van der Waals surface area contributed by atoms with E-state index in [-0.39, 0.29) is 5.56 Å². The highest BCUT2D eigenvalue weighted by atomic mass is 16.5. The first-order chi connectivity index (χ1) is 11.3. The largest absolute Gasteiger partial charge is 0.489 e. The summed E-state index contributed by atoms with van der Waals surface area (Å²) in [6.45, 7) is 1.19. The molecule has 0 spiro atoms. The molecular formula is C20H17NO2. The summed E-state index contributed by atoms with van der Waals surface area (Å²) in [5, 5.41) is 0. The van der Waals surface area contributed by atoms with Crippen LogP contribution in [-0.2, 0) is 19.6 Å². The Hall–Kier alpha value is -2.81. The summed E-state index contributed by atoms with van der Waals surface area (Å²) in [5.74, 6) is 0.627. The Morgan fingerprint density at radius 3 is 2.61 bits per heavy atom. The van der Waals surface area contributed by atoms with Crippen LogP contribution in [0.4, 0.5) is 0 Å². The molecule has 0 atom stereocenters. The van der Waals surface area contributed by atoms with Gasteiger partial charge in [-0.3, -0.25) is 4.79 Å². The summed E-state index contributed by atoms with van der Waals surface area (Å²) in [6, 6.07) is 21.8. The first-order valence-electron chi connectivity index (χ1n) is 7.81. The molecule has 3 heteroatoms. The van der Waals surface area contributed by atoms with Crippen LogP contribution in [0.15, 0.2) is 71.5 Å². The number of rotatable bonds is 3. The summed E-state index contributed by atoms with van der Waals surface area (Å²) >= 11 is 0. The average Bonchev–Trinajstić information content (AvgIpc) is 2.61. The molecule has 0 amide bonds. The van der Waals surface area contributed by atoms with Crippen molar-refractivity contribution < 1.29 is 4.74 Å². The van der Waals surface area contributed by atoms with Crippen molar-refractivity contribution in [2.24, 2.45) is 0 Å². The number of aryl methyl sites for hydroxylation is 1. The molecule has 1 aliphatic heterocycles. The lowest BCUT2D eigenvalue weighted by atomic mass is 9.97. The number of pyridine rings is 1. The van der Waals surface area contributed by atoms with Gasteiger partial charge in [0.25, 0.3) is 5.56 Å². The predicted molar refractivity (Wildman–Crippen MR) is 90.6 cm³/mol. The van der Waals surface area contributed by atoms with E-state index in [1.54, 1.807) is 6.07 Å². The maximum absolute atomic E-state index is 12.4. The van der Waals surface area contributed by atoms with Gasteiger partial charge in [0, 0.05) is 24.2 Å². The first kappa shape index (κ1) is 13.8. The van der Waals surface area contributed by atoms with Crippen molar-refractivity contribution in [1.82, 2.24) is 4.57 Å². The summed E-state index contributed by atoms with van der Waals surface area (Å²) in [6.07, 6.45) is 0.896. The lowest BCUT2D eigenvalue weighted by Crippen LogP contribution is -2.25. The number of hydrogen-bond acceptors (Lipinski definition) is 2. The molecule has 3 aromatic rings. The molecule has 0 fully saturated rings. The molecule has 3 nitrogen and oxygen atoms in total. The van der Waals surface area contributed by atoms with Crippen molar-refractivity contribution >= 4 is 0 Å². The second-order valence-corrected chi connectivity index (χ2v) is 5.75. The lowest BCUT2D eigenvalue weighted by Gasteiger charge is -2.22. The van der Waals surface area contributed by atoms with Crippen molar-refractivity contribution in [2.75, 3.05) is 0 Å². The SMILES string of the molecule is O=c1cc(OCc2ccccc2)cc2n1CCc1ccccc1-2. The second kappa shape index (κ2) is 5.76. The Bertz CT molecular complexity index is 897. The molecule has 0 saturated carbocycles. The van der Waals surface area contributed by atoms with Gasteiger partial charge in [-0.2, -0.15) is 0 Å². The van der Waals surface area contributed by atoms with E-state index in [0.29, 0.717) is 12.4 Å². The standard InChI is InChI=1S/C20H17NO2/c22-20-13-17(23-14-15-6-2-1-3-7-15)12-19-18-9-5-4-8-16(18)10-11-21(19)20/h1-9,12-13H,10-11,14H2. The van der Waals surface area contributed by atoms with Gasteiger partial charge in [-0.1, -0.05) is 54.6 Å². The van der Waals surface area contributed by atoms with E-state index in [0.717, 1.165) is 29.8 Å². The fraction of sp³-hybridized carbons (Fsp3) is 0.150. The molecule has 114 valence electrons. The molecular weight excluding hydrogens is 286 g/mol. The maximum Gasteiger partial charge on any atom is 0.254 e. The van der Waals surface area contributed by atoms with E-state index in [1.165, 1.54) is 5.56 Å². The van der Waals surface area contributed by atoms with Crippen LogP contribution >= 0.6 is 0 Å². The van der Waals surface area contributed by atoms with E-state index in [9.17, 15) is 4.79 Å². The van der Waals surface area contributed by atoms with Gasteiger partial charge in [-0.15, -0.1) is 0 Å². The number of ether oxygens (including phenoxy) is 1. The van der Waals surface area contributed by atoms with Crippen LogP contribution < -0.4 is 10.3 Å². The first-order valence-corrected chi connectivity index (χ1v) is 7.81. The number of hydrogen-bond donors (Lipinski definition) is 0. The zero-order chi connectivity index (χ0) is 15.6. The van der Waals surface area contributed by atoms with Crippen LogP contribution in [0.2, 0.25) is 0 Å². The second-order valence-electron chi connectivity index (χ2n) is 5.75. The monoisotopic (exact) mass is 303 g/mol. The highest BCUT2D eigenvalue weighted by molar-refractivity contribution is 5.66. The van der Waals surface area contributed by atoms with Crippen LogP contribution in [0.1, 0.15) is 11.1 Å². The average molecular weight is 303 g/mol. The Morgan fingerprint density at radius 2 is 1.74 bits per heavy atom. The zero-order valence-electron chi connectivity index (χ0n) is 12.7. The number of fused-ring (bicyclic) bond motifs is 3. The molecule has 1 aromatic heterocycles. The van der Waals surface area contributed by atoms with Crippen LogP contribution in [-0.4, -0.2) is 4.57 Å². The molecule has 1 aliphatic rings. The van der Waals surface area contributed by atoms with Crippen LogP contribution in [0, 0.1) is 0 Å². The molecule has 4 rings (SSSR count). The minimum absolute atomic E-state index is 0.0000599. The predicted octanol–water partition coefficient (Wildman–Crippen LogP) is 3.65. The van der Waals surface area contributed by atoms with Gasteiger partial charge in [0.2, 0.25) is 0 Å². The smallest absolute Gasteiger partial charge is 0.254 e. The van der Waals surface area contributed by atoms with Crippen molar-refractivity contribution in [1.29, 1.82) is 0 Å². The Morgan fingerprint density at radius 1 is 0.957 bits per heavy atom. The third kappa shape index (κ3) is 2.66. The fourth-order valence-electron chi connectivity index (χ4n) is 3.07. The molecule has 23 heavy (non-hydrogen) atoms. The van der Waals surface area contributed by atoms with Crippen molar-refractivity contribution in [2.45, 2.75) is 19.6 Å². The summed E-state index contributed by atoms with van der Waals surface area (Å²) < 4.78 is 7.67. The number of benzene rings is 2. The van der Waals surface area contributed by atoms with Crippen LogP contribution in [0.25, 0.3) is 11.3 Å². The third-order valence-electron chi connectivity index (χ3n) is 4.25. The Balaban J connectivity index is 1.69. The van der Waals surface area contributed by atoms with Crippen LogP contribution in [0.5, 0.6) is 5.75 Å². The molecule has 0 radical (unpaired) electrons.